The number of nitrogen functional groups attached to an aromatic ring is 1. The Hall–Kier alpha value is -0.810. The van der Waals surface area contributed by atoms with Crippen LogP contribution in [0.1, 0.15) is 13.8 Å². The molecule has 1 heterocycles. The van der Waals surface area contributed by atoms with Crippen molar-refractivity contribution in [2.75, 3.05) is 31.1 Å². The van der Waals surface area contributed by atoms with Crippen LogP contribution in [0.3, 0.4) is 0 Å². The van der Waals surface area contributed by atoms with Crippen molar-refractivity contribution in [1.29, 1.82) is 0 Å². The molecule has 1 aromatic heterocycles. The van der Waals surface area contributed by atoms with E-state index in [0.717, 1.165) is 30.4 Å². The first-order chi connectivity index (χ1) is 7.27. The van der Waals surface area contributed by atoms with Gasteiger partial charge in [-0.25, -0.2) is 9.97 Å². The molecule has 0 atom stereocenters. The molecule has 5 heteroatoms. The zero-order chi connectivity index (χ0) is 11.1. The van der Waals surface area contributed by atoms with Gasteiger partial charge in [-0.05, 0) is 13.1 Å². The zero-order valence-electron chi connectivity index (χ0n) is 9.31. The minimum atomic E-state index is 0.530. The molecule has 0 bridgehead atoms. The van der Waals surface area contributed by atoms with Crippen LogP contribution in [0.25, 0.3) is 0 Å². The molecule has 0 fully saturated rings. The van der Waals surface area contributed by atoms with Crippen molar-refractivity contribution in [3.63, 3.8) is 0 Å². The Kier molecular flexibility index (Phi) is 5.42. The molecule has 0 aliphatic heterocycles. The Morgan fingerprint density at radius 2 is 1.93 bits per heavy atom. The van der Waals surface area contributed by atoms with Crippen LogP contribution in [-0.4, -0.2) is 40.3 Å². The summed E-state index contributed by atoms with van der Waals surface area (Å²) in [4.78, 5) is 10.6. The van der Waals surface area contributed by atoms with Crippen molar-refractivity contribution in [2.24, 2.45) is 0 Å². The Labute approximate surface area is 95.3 Å². The molecular weight excluding hydrogens is 208 g/mol. The number of nitrogens with two attached hydrogens (primary N) is 1. The molecule has 0 unspecified atom stereocenters. The fourth-order valence-electron chi connectivity index (χ4n) is 1.26. The molecule has 15 heavy (non-hydrogen) atoms. The lowest BCUT2D eigenvalue weighted by Crippen LogP contribution is -2.25. The third-order valence-electron chi connectivity index (χ3n) is 2.23. The summed E-state index contributed by atoms with van der Waals surface area (Å²) in [5.74, 6) is 1.53. The minimum absolute atomic E-state index is 0.530. The maximum absolute atomic E-state index is 5.69. The van der Waals surface area contributed by atoms with Crippen molar-refractivity contribution in [3.8, 4) is 0 Å². The van der Waals surface area contributed by atoms with Crippen molar-refractivity contribution < 1.29 is 0 Å². The number of rotatable bonds is 6. The summed E-state index contributed by atoms with van der Waals surface area (Å²) in [6.07, 6.45) is 3.29. The summed E-state index contributed by atoms with van der Waals surface area (Å²) in [7, 11) is 0. The summed E-state index contributed by atoms with van der Waals surface area (Å²) in [6, 6.07) is 0. The predicted molar refractivity (Wildman–Crippen MR) is 65.0 cm³/mol. The summed E-state index contributed by atoms with van der Waals surface area (Å²) in [5, 5.41) is 0.838. The van der Waals surface area contributed by atoms with Crippen LogP contribution in [0.2, 0.25) is 0 Å². The molecule has 0 spiro atoms. The lowest BCUT2D eigenvalue weighted by atomic mass is 10.5. The fraction of sp³-hybridized carbons (Fsp3) is 0.600. The highest BCUT2D eigenvalue weighted by Crippen LogP contribution is 2.19. The summed E-state index contributed by atoms with van der Waals surface area (Å²) in [6.45, 7) is 7.59. The third-order valence-corrected chi connectivity index (χ3v) is 3.21. The molecule has 0 aromatic carbocycles. The number of thioether (sulfide) groups is 1. The Morgan fingerprint density at radius 1 is 1.27 bits per heavy atom. The average molecular weight is 226 g/mol. The molecule has 4 nitrogen and oxygen atoms in total. The molecule has 1 aromatic rings. The fourth-order valence-corrected chi connectivity index (χ4v) is 2.14. The van der Waals surface area contributed by atoms with Crippen molar-refractivity contribution >= 4 is 17.6 Å². The van der Waals surface area contributed by atoms with Crippen molar-refractivity contribution in [3.05, 3.63) is 12.4 Å². The first-order valence-electron chi connectivity index (χ1n) is 5.19. The highest BCUT2D eigenvalue weighted by atomic mass is 32.2. The van der Waals surface area contributed by atoms with Gasteiger partial charge in [0, 0.05) is 24.7 Å². The number of anilines is 1. The van der Waals surface area contributed by atoms with Gasteiger partial charge in [-0.1, -0.05) is 13.8 Å². The minimum Gasteiger partial charge on any atom is -0.381 e. The van der Waals surface area contributed by atoms with Gasteiger partial charge in [-0.15, -0.1) is 11.8 Å². The zero-order valence-corrected chi connectivity index (χ0v) is 10.1. The van der Waals surface area contributed by atoms with Crippen LogP contribution in [0.5, 0.6) is 0 Å². The number of aromatic nitrogens is 2. The van der Waals surface area contributed by atoms with E-state index in [2.05, 4.69) is 28.7 Å². The predicted octanol–water partition coefficient (Wildman–Crippen LogP) is 1.49. The SMILES string of the molecule is CCN(CC)CCSc1nccnc1N. The largest absolute Gasteiger partial charge is 0.381 e. The Morgan fingerprint density at radius 3 is 2.53 bits per heavy atom. The lowest BCUT2D eigenvalue weighted by molar-refractivity contribution is 0.324. The second kappa shape index (κ2) is 6.63. The molecular formula is C10H18N4S. The van der Waals surface area contributed by atoms with Gasteiger partial charge in [0.25, 0.3) is 0 Å². The van der Waals surface area contributed by atoms with E-state index in [9.17, 15) is 0 Å². The van der Waals surface area contributed by atoms with E-state index in [0.29, 0.717) is 5.82 Å². The van der Waals surface area contributed by atoms with Crippen LogP contribution >= 0.6 is 11.8 Å². The van der Waals surface area contributed by atoms with Gasteiger partial charge in [-0.2, -0.15) is 0 Å². The molecule has 0 saturated heterocycles. The molecule has 2 N–H and O–H groups in total. The normalized spacial score (nSPS) is 10.9. The van der Waals surface area contributed by atoms with E-state index in [1.54, 1.807) is 24.2 Å². The standard InChI is InChI=1S/C10H18N4S/c1-3-14(4-2)7-8-15-10-9(11)12-5-6-13-10/h5-6H,3-4,7-8H2,1-2H3,(H2,11,12). The summed E-state index contributed by atoms with van der Waals surface area (Å²) < 4.78 is 0. The molecule has 1 rings (SSSR count). The van der Waals surface area contributed by atoms with Gasteiger partial charge >= 0.3 is 0 Å². The van der Waals surface area contributed by atoms with Crippen LogP contribution in [-0.2, 0) is 0 Å². The van der Waals surface area contributed by atoms with Gasteiger partial charge in [0.05, 0.1) is 0 Å². The van der Waals surface area contributed by atoms with Gasteiger partial charge in [0.1, 0.15) is 5.03 Å². The Balaban J connectivity index is 2.34. The van der Waals surface area contributed by atoms with Gasteiger partial charge < -0.3 is 10.6 Å². The van der Waals surface area contributed by atoms with E-state index in [4.69, 9.17) is 5.73 Å². The van der Waals surface area contributed by atoms with E-state index in [1.807, 2.05) is 0 Å². The average Bonchev–Trinajstić information content (AvgIpc) is 2.27. The first kappa shape index (κ1) is 12.3. The van der Waals surface area contributed by atoms with Crippen LogP contribution in [0.15, 0.2) is 17.4 Å². The summed E-state index contributed by atoms with van der Waals surface area (Å²) in [5.41, 5.74) is 5.69. The van der Waals surface area contributed by atoms with Crippen molar-refractivity contribution in [2.45, 2.75) is 18.9 Å². The smallest absolute Gasteiger partial charge is 0.156 e. The molecule has 84 valence electrons. The van der Waals surface area contributed by atoms with E-state index in [1.165, 1.54) is 0 Å². The number of hydrogen-bond donors (Lipinski definition) is 1. The number of hydrogen-bond acceptors (Lipinski definition) is 5. The molecule has 0 amide bonds. The molecule has 0 aliphatic rings. The molecule has 0 saturated carbocycles. The van der Waals surface area contributed by atoms with E-state index >= 15 is 0 Å². The van der Waals surface area contributed by atoms with Gasteiger partial charge in [-0.3, -0.25) is 0 Å². The van der Waals surface area contributed by atoms with Crippen LogP contribution in [0, 0.1) is 0 Å². The van der Waals surface area contributed by atoms with Crippen LogP contribution < -0.4 is 5.73 Å². The second-order valence-corrected chi connectivity index (χ2v) is 4.21. The highest BCUT2D eigenvalue weighted by Gasteiger charge is 2.03. The maximum atomic E-state index is 5.69. The van der Waals surface area contributed by atoms with E-state index in [-0.39, 0.29) is 0 Å². The topological polar surface area (TPSA) is 55.0 Å². The molecule has 0 radical (unpaired) electrons. The van der Waals surface area contributed by atoms with Crippen LogP contribution in [0.4, 0.5) is 5.82 Å². The lowest BCUT2D eigenvalue weighted by Gasteiger charge is -2.17. The monoisotopic (exact) mass is 226 g/mol. The first-order valence-corrected chi connectivity index (χ1v) is 6.18. The third kappa shape index (κ3) is 4.05. The Bertz CT molecular complexity index is 289. The van der Waals surface area contributed by atoms with Crippen molar-refractivity contribution in [1.82, 2.24) is 14.9 Å². The van der Waals surface area contributed by atoms with Gasteiger partial charge in [0.15, 0.2) is 5.82 Å². The maximum Gasteiger partial charge on any atom is 0.156 e. The summed E-state index contributed by atoms with van der Waals surface area (Å²) >= 11 is 1.67. The molecule has 0 aliphatic carbocycles. The highest BCUT2D eigenvalue weighted by molar-refractivity contribution is 7.99. The quantitative estimate of drug-likeness (QED) is 0.745. The number of nitrogens with zero attached hydrogens (tertiary/aromatic N) is 3. The second-order valence-electron chi connectivity index (χ2n) is 3.12. The van der Waals surface area contributed by atoms with Gasteiger partial charge in [0.2, 0.25) is 0 Å². The van der Waals surface area contributed by atoms with E-state index < -0.39 is 0 Å².